The highest BCUT2D eigenvalue weighted by Gasteiger charge is 2.19. The van der Waals surface area contributed by atoms with Crippen LogP contribution >= 0.6 is 0 Å². The van der Waals surface area contributed by atoms with Gasteiger partial charge in [-0.15, -0.1) is 0 Å². The van der Waals surface area contributed by atoms with Crippen molar-refractivity contribution in [2.75, 3.05) is 0 Å². The summed E-state index contributed by atoms with van der Waals surface area (Å²) in [6.07, 6.45) is 0.930. The standard InChI is InChI=1S/C12H12N2O2/c15-8-5-6-11-13-10-4-2-1-3-9(10)12(16)14(11)7-8/h1-4,8,15H,5-7H2. The fourth-order valence-electron chi connectivity index (χ4n) is 2.19. The second-order valence-electron chi connectivity index (χ2n) is 4.15. The van der Waals surface area contributed by atoms with Gasteiger partial charge in [-0.3, -0.25) is 9.36 Å². The van der Waals surface area contributed by atoms with Crippen LogP contribution in [0.5, 0.6) is 0 Å². The predicted molar refractivity (Wildman–Crippen MR) is 60.3 cm³/mol. The molecule has 0 saturated carbocycles. The number of para-hydroxylation sites is 1. The van der Waals surface area contributed by atoms with Crippen LogP contribution < -0.4 is 5.56 Å². The maximum absolute atomic E-state index is 12.1. The number of nitrogens with zero attached hydrogens (tertiary/aromatic N) is 2. The first-order chi connectivity index (χ1) is 7.75. The van der Waals surface area contributed by atoms with Crippen LogP contribution in [0.3, 0.4) is 0 Å². The van der Waals surface area contributed by atoms with Crippen LogP contribution in [0.4, 0.5) is 0 Å². The predicted octanol–water partition coefficient (Wildman–Crippen LogP) is 0.704. The van der Waals surface area contributed by atoms with Gasteiger partial charge in [-0.2, -0.15) is 0 Å². The van der Waals surface area contributed by atoms with Gasteiger partial charge in [-0.25, -0.2) is 4.98 Å². The summed E-state index contributed by atoms with van der Waals surface area (Å²) in [4.78, 5) is 16.6. The average Bonchev–Trinajstić information content (AvgIpc) is 2.31. The van der Waals surface area contributed by atoms with E-state index in [-0.39, 0.29) is 5.56 Å². The molecule has 1 unspecified atom stereocenters. The van der Waals surface area contributed by atoms with Crippen molar-refractivity contribution >= 4 is 10.9 Å². The number of hydrogen-bond acceptors (Lipinski definition) is 3. The van der Waals surface area contributed by atoms with Crippen molar-refractivity contribution in [3.8, 4) is 0 Å². The van der Waals surface area contributed by atoms with Crippen molar-refractivity contribution in [3.05, 3.63) is 40.4 Å². The van der Waals surface area contributed by atoms with Crippen LogP contribution in [0, 0.1) is 0 Å². The number of benzene rings is 1. The molecule has 1 aliphatic rings. The van der Waals surface area contributed by atoms with Crippen LogP contribution in [0.25, 0.3) is 10.9 Å². The van der Waals surface area contributed by atoms with Gasteiger partial charge in [0, 0.05) is 6.42 Å². The van der Waals surface area contributed by atoms with Crippen molar-refractivity contribution in [2.24, 2.45) is 0 Å². The molecule has 2 heterocycles. The molecule has 0 amide bonds. The molecule has 0 aliphatic carbocycles. The topological polar surface area (TPSA) is 55.1 Å². The summed E-state index contributed by atoms with van der Waals surface area (Å²) >= 11 is 0. The number of aryl methyl sites for hydroxylation is 1. The molecule has 0 saturated heterocycles. The van der Waals surface area contributed by atoms with Crippen molar-refractivity contribution in [1.82, 2.24) is 9.55 Å². The second kappa shape index (κ2) is 3.42. The third-order valence-corrected chi connectivity index (χ3v) is 3.04. The van der Waals surface area contributed by atoms with E-state index >= 15 is 0 Å². The van der Waals surface area contributed by atoms with Crippen molar-refractivity contribution in [3.63, 3.8) is 0 Å². The van der Waals surface area contributed by atoms with E-state index in [1.165, 1.54) is 0 Å². The molecular formula is C12H12N2O2. The van der Waals surface area contributed by atoms with Crippen LogP contribution in [-0.2, 0) is 13.0 Å². The van der Waals surface area contributed by atoms with E-state index in [0.29, 0.717) is 24.8 Å². The van der Waals surface area contributed by atoms with E-state index in [1.807, 2.05) is 18.2 Å². The molecule has 16 heavy (non-hydrogen) atoms. The fourth-order valence-corrected chi connectivity index (χ4v) is 2.19. The Labute approximate surface area is 92.2 Å². The highest BCUT2D eigenvalue weighted by atomic mass is 16.3. The summed E-state index contributed by atoms with van der Waals surface area (Å²) < 4.78 is 1.59. The number of hydrogen-bond donors (Lipinski definition) is 1. The molecule has 1 atom stereocenters. The quantitative estimate of drug-likeness (QED) is 0.705. The Bertz CT molecular complexity index is 603. The van der Waals surface area contributed by atoms with Gasteiger partial charge in [-0.1, -0.05) is 12.1 Å². The Morgan fingerprint density at radius 3 is 3.06 bits per heavy atom. The Hall–Kier alpha value is -1.68. The number of aliphatic hydroxyl groups excluding tert-OH is 1. The molecule has 4 nitrogen and oxygen atoms in total. The van der Waals surface area contributed by atoms with E-state index in [2.05, 4.69) is 4.98 Å². The van der Waals surface area contributed by atoms with Gasteiger partial charge in [0.2, 0.25) is 0 Å². The first kappa shape index (κ1) is 9.54. The van der Waals surface area contributed by atoms with Gasteiger partial charge in [0.1, 0.15) is 5.82 Å². The molecule has 0 spiro atoms. The summed E-state index contributed by atoms with van der Waals surface area (Å²) in [5.74, 6) is 0.786. The van der Waals surface area contributed by atoms with E-state index in [9.17, 15) is 9.90 Å². The molecule has 0 bridgehead atoms. The minimum Gasteiger partial charge on any atom is -0.391 e. The number of aromatic nitrogens is 2. The Kier molecular flexibility index (Phi) is 2.04. The molecule has 0 radical (unpaired) electrons. The first-order valence-electron chi connectivity index (χ1n) is 5.42. The summed E-state index contributed by atoms with van der Waals surface area (Å²) in [6.45, 7) is 0.367. The zero-order valence-electron chi connectivity index (χ0n) is 8.76. The highest BCUT2D eigenvalue weighted by molar-refractivity contribution is 5.77. The van der Waals surface area contributed by atoms with E-state index in [1.54, 1.807) is 10.6 Å². The lowest BCUT2D eigenvalue weighted by Crippen LogP contribution is -2.34. The van der Waals surface area contributed by atoms with Crippen LogP contribution in [0.15, 0.2) is 29.1 Å². The van der Waals surface area contributed by atoms with Crippen molar-refractivity contribution in [1.29, 1.82) is 0 Å². The van der Waals surface area contributed by atoms with Crippen LogP contribution in [-0.4, -0.2) is 20.8 Å². The lowest BCUT2D eigenvalue weighted by atomic mass is 10.1. The lowest BCUT2D eigenvalue weighted by molar-refractivity contribution is 0.128. The van der Waals surface area contributed by atoms with Crippen LogP contribution in [0.2, 0.25) is 0 Å². The molecule has 82 valence electrons. The van der Waals surface area contributed by atoms with E-state index in [0.717, 1.165) is 11.3 Å². The lowest BCUT2D eigenvalue weighted by Gasteiger charge is -2.21. The zero-order valence-corrected chi connectivity index (χ0v) is 8.76. The normalized spacial score (nSPS) is 19.7. The maximum atomic E-state index is 12.1. The zero-order chi connectivity index (χ0) is 11.1. The van der Waals surface area contributed by atoms with Gasteiger partial charge >= 0.3 is 0 Å². The summed E-state index contributed by atoms with van der Waals surface area (Å²) in [7, 11) is 0. The second-order valence-corrected chi connectivity index (χ2v) is 4.15. The Balaban J connectivity index is 2.34. The maximum Gasteiger partial charge on any atom is 0.261 e. The number of rotatable bonds is 0. The monoisotopic (exact) mass is 216 g/mol. The van der Waals surface area contributed by atoms with Gasteiger partial charge in [-0.05, 0) is 18.6 Å². The van der Waals surface area contributed by atoms with Gasteiger partial charge < -0.3 is 5.11 Å². The molecule has 3 rings (SSSR count). The van der Waals surface area contributed by atoms with Crippen molar-refractivity contribution in [2.45, 2.75) is 25.5 Å². The minimum atomic E-state index is -0.423. The number of aliphatic hydroxyl groups is 1. The largest absolute Gasteiger partial charge is 0.391 e. The smallest absolute Gasteiger partial charge is 0.261 e. The third kappa shape index (κ3) is 1.34. The Morgan fingerprint density at radius 2 is 2.19 bits per heavy atom. The summed E-state index contributed by atoms with van der Waals surface area (Å²) in [5, 5.41) is 10.2. The fraction of sp³-hybridized carbons (Fsp3) is 0.333. The average molecular weight is 216 g/mol. The van der Waals surface area contributed by atoms with Gasteiger partial charge in [0.15, 0.2) is 0 Å². The molecule has 0 fully saturated rings. The molecule has 1 N–H and O–H groups in total. The molecule has 1 aromatic carbocycles. The van der Waals surface area contributed by atoms with Gasteiger partial charge in [0.25, 0.3) is 5.56 Å². The number of fused-ring (bicyclic) bond motifs is 2. The van der Waals surface area contributed by atoms with Gasteiger partial charge in [0.05, 0.1) is 23.6 Å². The summed E-state index contributed by atoms with van der Waals surface area (Å²) in [5.41, 5.74) is 0.703. The van der Waals surface area contributed by atoms with Crippen molar-refractivity contribution < 1.29 is 5.11 Å². The van der Waals surface area contributed by atoms with Crippen LogP contribution in [0.1, 0.15) is 12.2 Å². The molecule has 4 heteroatoms. The molecule has 1 aliphatic heterocycles. The first-order valence-corrected chi connectivity index (χ1v) is 5.42. The minimum absolute atomic E-state index is 0.0423. The molecule has 2 aromatic rings. The van der Waals surface area contributed by atoms with E-state index < -0.39 is 6.10 Å². The SMILES string of the molecule is O=c1c2ccccc2nc2n1CC(O)CC2. The molecule has 1 aromatic heterocycles. The molecular weight excluding hydrogens is 204 g/mol. The summed E-state index contributed by atoms with van der Waals surface area (Å²) in [6, 6.07) is 7.34. The Morgan fingerprint density at radius 1 is 1.38 bits per heavy atom. The third-order valence-electron chi connectivity index (χ3n) is 3.04. The van der Waals surface area contributed by atoms with E-state index in [4.69, 9.17) is 0 Å². The highest BCUT2D eigenvalue weighted by Crippen LogP contribution is 2.14.